The Labute approximate surface area is 126 Å². The lowest BCUT2D eigenvalue weighted by molar-refractivity contribution is -0.384. The smallest absolute Gasteiger partial charge is 0.345 e. The summed E-state index contributed by atoms with van der Waals surface area (Å²) in [5, 5.41) is 11.0. The highest BCUT2D eigenvalue weighted by atomic mass is 35.5. The van der Waals surface area contributed by atoms with Crippen LogP contribution < -0.4 is 4.90 Å². The maximum absolute atomic E-state index is 11.2. The van der Waals surface area contributed by atoms with Crippen LogP contribution in [0.2, 0.25) is 5.15 Å². The molecule has 2 rings (SSSR count). The van der Waals surface area contributed by atoms with Crippen LogP contribution in [0.5, 0.6) is 0 Å². The lowest BCUT2D eigenvalue weighted by Gasteiger charge is -2.21. The number of hydrogen-bond acceptors (Lipinski definition) is 6. The first-order chi connectivity index (χ1) is 10.0. The zero-order valence-electron chi connectivity index (χ0n) is 11.7. The van der Waals surface area contributed by atoms with Crippen molar-refractivity contribution in [1.29, 1.82) is 0 Å². The molecule has 7 nitrogen and oxygen atoms in total. The van der Waals surface area contributed by atoms with Gasteiger partial charge in [0, 0.05) is 12.2 Å². The van der Waals surface area contributed by atoms with E-state index in [1.807, 2.05) is 32.0 Å². The fourth-order valence-electron chi connectivity index (χ4n) is 1.96. The van der Waals surface area contributed by atoms with Gasteiger partial charge in [-0.05, 0) is 26.0 Å². The third-order valence-electron chi connectivity index (χ3n) is 2.92. The maximum atomic E-state index is 11.2. The molecule has 0 bridgehead atoms. The molecule has 0 saturated carbocycles. The van der Waals surface area contributed by atoms with Gasteiger partial charge < -0.3 is 4.90 Å². The summed E-state index contributed by atoms with van der Waals surface area (Å²) >= 11 is 5.82. The van der Waals surface area contributed by atoms with Gasteiger partial charge in [-0.2, -0.15) is 0 Å². The third-order valence-corrected chi connectivity index (χ3v) is 3.20. The first kappa shape index (κ1) is 15.1. The van der Waals surface area contributed by atoms with E-state index in [1.54, 1.807) is 4.90 Å². The molecule has 0 radical (unpaired) electrons. The summed E-state index contributed by atoms with van der Waals surface area (Å²) in [6, 6.07) is 5.65. The zero-order valence-corrected chi connectivity index (χ0v) is 12.4. The van der Waals surface area contributed by atoms with Crippen LogP contribution in [0.4, 0.5) is 11.5 Å². The van der Waals surface area contributed by atoms with Crippen molar-refractivity contribution >= 4 is 23.1 Å². The van der Waals surface area contributed by atoms with Gasteiger partial charge in [0.2, 0.25) is 11.0 Å². The van der Waals surface area contributed by atoms with Gasteiger partial charge in [-0.1, -0.05) is 17.7 Å². The number of rotatable bonds is 5. The second kappa shape index (κ2) is 6.45. The normalized spacial score (nSPS) is 10.4. The molecular weight excluding hydrogens is 294 g/mol. The first-order valence-electron chi connectivity index (χ1n) is 6.35. The topological polar surface area (TPSA) is 85.0 Å². The highest BCUT2D eigenvalue weighted by Gasteiger charge is 2.25. The first-order valence-corrected chi connectivity index (χ1v) is 6.73. The summed E-state index contributed by atoms with van der Waals surface area (Å²) in [5.74, 6) is 0.200. The average Bonchev–Trinajstić information content (AvgIpc) is 2.44. The maximum Gasteiger partial charge on any atom is 0.348 e. The van der Waals surface area contributed by atoms with Crippen molar-refractivity contribution in [2.45, 2.75) is 20.4 Å². The van der Waals surface area contributed by atoms with Gasteiger partial charge in [-0.15, -0.1) is 0 Å². The fourth-order valence-corrected chi connectivity index (χ4v) is 2.15. The summed E-state index contributed by atoms with van der Waals surface area (Å²) < 4.78 is 0. The van der Waals surface area contributed by atoms with Crippen molar-refractivity contribution in [1.82, 2.24) is 15.0 Å². The third kappa shape index (κ3) is 3.43. The minimum atomic E-state index is -0.565. The predicted molar refractivity (Wildman–Crippen MR) is 79.4 cm³/mol. The van der Waals surface area contributed by atoms with Crippen molar-refractivity contribution < 1.29 is 4.92 Å². The van der Waals surface area contributed by atoms with E-state index in [2.05, 4.69) is 15.0 Å². The number of pyridine rings is 1. The Morgan fingerprint density at radius 2 is 2.14 bits per heavy atom. The van der Waals surface area contributed by atoms with Crippen LogP contribution in [0, 0.1) is 17.0 Å². The number of nitro groups is 1. The summed E-state index contributed by atoms with van der Waals surface area (Å²) in [5.41, 5.74) is 1.41. The number of aryl methyl sites for hydroxylation is 1. The zero-order chi connectivity index (χ0) is 15.4. The van der Waals surface area contributed by atoms with E-state index < -0.39 is 4.92 Å². The summed E-state index contributed by atoms with van der Waals surface area (Å²) in [4.78, 5) is 24.4. The van der Waals surface area contributed by atoms with E-state index in [9.17, 15) is 10.1 Å². The van der Waals surface area contributed by atoms with Gasteiger partial charge in [0.15, 0.2) is 0 Å². The SMILES string of the molecule is CCN(Cc1cccc(C)n1)c1ncnc(Cl)c1[N+](=O)[O-]. The Kier molecular flexibility index (Phi) is 4.64. The monoisotopic (exact) mass is 307 g/mol. The Morgan fingerprint density at radius 3 is 2.76 bits per heavy atom. The standard InChI is InChI=1S/C13H14ClN5O2/c1-3-18(7-10-6-4-5-9(2)17-10)13-11(19(20)21)12(14)15-8-16-13/h4-6,8H,3,7H2,1-2H3. The minimum Gasteiger partial charge on any atom is -0.345 e. The van der Waals surface area contributed by atoms with Crippen LogP contribution in [0.3, 0.4) is 0 Å². The molecule has 0 atom stereocenters. The number of halogens is 1. The van der Waals surface area contributed by atoms with Crippen molar-refractivity contribution in [2.24, 2.45) is 0 Å². The lowest BCUT2D eigenvalue weighted by Crippen LogP contribution is -2.25. The summed E-state index contributed by atoms with van der Waals surface area (Å²) in [7, 11) is 0. The molecule has 0 amide bonds. The molecular formula is C13H14ClN5O2. The molecule has 0 aromatic carbocycles. The predicted octanol–water partition coefficient (Wildman–Crippen LogP) is 2.77. The van der Waals surface area contributed by atoms with Crippen molar-refractivity contribution in [3.8, 4) is 0 Å². The molecule has 110 valence electrons. The quantitative estimate of drug-likeness (QED) is 0.479. The molecule has 21 heavy (non-hydrogen) atoms. The van der Waals surface area contributed by atoms with Crippen LogP contribution >= 0.6 is 11.6 Å². The molecule has 0 unspecified atom stereocenters. The molecule has 2 aromatic rings. The number of aromatic nitrogens is 3. The second-order valence-corrected chi connectivity index (χ2v) is 4.74. The van der Waals surface area contributed by atoms with Gasteiger partial charge in [0.05, 0.1) is 17.2 Å². The van der Waals surface area contributed by atoms with E-state index in [0.717, 1.165) is 11.4 Å². The second-order valence-electron chi connectivity index (χ2n) is 4.38. The molecule has 0 aliphatic carbocycles. The van der Waals surface area contributed by atoms with Crippen LogP contribution in [-0.4, -0.2) is 26.4 Å². The number of anilines is 1. The van der Waals surface area contributed by atoms with Gasteiger partial charge >= 0.3 is 5.69 Å². The molecule has 0 N–H and O–H groups in total. The summed E-state index contributed by atoms with van der Waals surface area (Å²) in [6.45, 7) is 4.72. The van der Waals surface area contributed by atoms with Crippen molar-refractivity contribution in [2.75, 3.05) is 11.4 Å². The van der Waals surface area contributed by atoms with E-state index in [0.29, 0.717) is 13.1 Å². The largest absolute Gasteiger partial charge is 0.348 e. The van der Waals surface area contributed by atoms with Gasteiger partial charge in [-0.25, -0.2) is 9.97 Å². The van der Waals surface area contributed by atoms with E-state index >= 15 is 0 Å². The average molecular weight is 308 g/mol. The molecule has 8 heteroatoms. The van der Waals surface area contributed by atoms with E-state index in [4.69, 9.17) is 11.6 Å². The Hall–Kier alpha value is -2.28. The van der Waals surface area contributed by atoms with Gasteiger partial charge in [-0.3, -0.25) is 15.1 Å². The van der Waals surface area contributed by atoms with Crippen LogP contribution in [-0.2, 0) is 6.54 Å². The molecule has 0 fully saturated rings. The van der Waals surface area contributed by atoms with E-state index in [-0.39, 0.29) is 16.7 Å². The molecule has 0 aliphatic rings. The molecule has 0 spiro atoms. The minimum absolute atomic E-state index is 0.166. The van der Waals surface area contributed by atoms with Gasteiger partial charge in [0.25, 0.3) is 0 Å². The van der Waals surface area contributed by atoms with Gasteiger partial charge in [0.1, 0.15) is 6.33 Å². The highest BCUT2D eigenvalue weighted by molar-refractivity contribution is 6.31. The fraction of sp³-hybridized carbons (Fsp3) is 0.308. The van der Waals surface area contributed by atoms with Crippen LogP contribution in [0.25, 0.3) is 0 Å². The van der Waals surface area contributed by atoms with Crippen molar-refractivity contribution in [3.05, 3.63) is 51.2 Å². The number of nitrogens with zero attached hydrogens (tertiary/aromatic N) is 5. The summed E-state index contributed by atoms with van der Waals surface area (Å²) in [6.07, 6.45) is 1.22. The molecule has 0 aliphatic heterocycles. The molecule has 2 aromatic heterocycles. The molecule has 0 saturated heterocycles. The Balaban J connectivity index is 2.38. The van der Waals surface area contributed by atoms with E-state index in [1.165, 1.54) is 6.33 Å². The lowest BCUT2D eigenvalue weighted by atomic mass is 10.3. The highest BCUT2D eigenvalue weighted by Crippen LogP contribution is 2.31. The Morgan fingerprint density at radius 1 is 1.38 bits per heavy atom. The van der Waals surface area contributed by atoms with Crippen LogP contribution in [0.15, 0.2) is 24.5 Å². The molecule has 2 heterocycles. The Bertz CT molecular complexity index is 665. The number of hydrogen-bond donors (Lipinski definition) is 0. The van der Waals surface area contributed by atoms with Crippen molar-refractivity contribution in [3.63, 3.8) is 0 Å². The van der Waals surface area contributed by atoms with Crippen LogP contribution in [0.1, 0.15) is 18.3 Å².